The van der Waals surface area contributed by atoms with Crippen LogP contribution in [0.15, 0.2) is 48.5 Å². The zero-order valence-corrected chi connectivity index (χ0v) is 9.31. The number of benzene rings is 2. The minimum Gasteiger partial charge on any atom is -0.398 e. The van der Waals surface area contributed by atoms with Crippen molar-refractivity contribution in [3.63, 3.8) is 0 Å². The Balaban J connectivity index is 2.01. The predicted octanol–water partition coefficient (Wildman–Crippen LogP) is 2.00. The molecule has 3 N–H and O–H groups in total. The van der Waals surface area contributed by atoms with Gasteiger partial charge < -0.3 is 11.1 Å². The fourth-order valence-electron chi connectivity index (χ4n) is 1.51. The van der Waals surface area contributed by atoms with Crippen molar-refractivity contribution in [3.8, 4) is 0 Å². The molecule has 0 fully saturated rings. The number of nitrogens with one attached hydrogen (secondary N) is 1. The van der Waals surface area contributed by atoms with E-state index in [4.69, 9.17) is 5.73 Å². The second kappa shape index (κ2) is 5.16. The van der Waals surface area contributed by atoms with Gasteiger partial charge in [0.15, 0.2) is 0 Å². The summed E-state index contributed by atoms with van der Waals surface area (Å²) in [6.45, 7) is 0.494. The molecule has 0 spiro atoms. The summed E-state index contributed by atoms with van der Waals surface area (Å²) in [5.41, 5.74) is 7.69. The fourth-order valence-corrected chi connectivity index (χ4v) is 1.51. The number of nitrogens with two attached hydrogens (primary N) is 1. The first-order chi connectivity index (χ1) is 8.27. The average Bonchev–Trinajstić information content (AvgIpc) is 2.38. The minimum atomic E-state index is -0.178. The van der Waals surface area contributed by atoms with Crippen molar-refractivity contribution in [2.24, 2.45) is 0 Å². The van der Waals surface area contributed by atoms with Gasteiger partial charge in [-0.3, -0.25) is 4.79 Å². The first-order valence-corrected chi connectivity index (χ1v) is 5.35. The van der Waals surface area contributed by atoms with Crippen molar-refractivity contribution in [3.05, 3.63) is 65.7 Å². The summed E-state index contributed by atoms with van der Waals surface area (Å²) >= 11 is 0. The maximum absolute atomic E-state index is 11.8. The first kappa shape index (κ1) is 11.2. The smallest absolute Gasteiger partial charge is 0.253 e. The number of carbonyl (C=O) groups is 1. The summed E-state index contributed by atoms with van der Waals surface area (Å²) in [7, 11) is 0. The SMILES string of the molecule is Nc1cc[c]cc1C(=O)NCc1ccccc1. The van der Waals surface area contributed by atoms with Crippen molar-refractivity contribution < 1.29 is 4.79 Å². The molecule has 0 saturated carbocycles. The monoisotopic (exact) mass is 225 g/mol. The molecule has 0 aliphatic heterocycles. The van der Waals surface area contributed by atoms with E-state index in [0.717, 1.165) is 5.56 Å². The average molecular weight is 225 g/mol. The van der Waals surface area contributed by atoms with Gasteiger partial charge >= 0.3 is 0 Å². The molecule has 3 nitrogen and oxygen atoms in total. The largest absolute Gasteiger partial charge is 0.398 e. The highest BCUT2D eigenvalue weighted by Crippen LogP contribution is 2.09. The van der Waals surface area contributed by atoms with Crippen LogP contribution in [0.4, 0.5) is 5.69 Å². The summed E-state index contributed by atoms with van der Waals surface area (Å²) in [4.78, 5) is 11.8. The molecule has 0 aliphatic carbocycles. The number of hydrogen-bond acceptors (Lipinski definition) is 2. The summed E-state index contributed by atoms with van der Waals surface area (Å²) in [5, 5.41) is 2.82. The maximum Gasteiger partial charge on any atom is 0.253 e. The number of amides is 1. The van der Waals surface area contributed by atoms with E-state index in [0.29, 0.717) is 17.8 Å². The summed E-state index contributed by atoms with van der Waals surface area (Å²) in [5.74, 6) is -0.178. The Labute approximate surface area is 100 Å². The molecular formula is C14H13N2O. The lowest BCUT2D eigenvalue weighted by atomic mass is 10.1. The van der Waals surface area contributed by atoms with Gasteiger partial charge in [0.25, 0.3) is 5.91 Å². The lowest BCUT2D eigenvalue weighted by Gasteiger charge is -2.07. The molecule has 0 atom stereocenters. The van der Waals surface area contributed by atoms with Crippen molar-refractivity contribution in [2.45, 2.75) is 6.54 Å². The van der Waals surface area contributed by atoms with E-state index in [1.165, 1.54) is 0 Å². The molecule has 0 heterocycles. The van der Waals surface area contributed by atoms with E-state index in [2.05, 4.69) is 11.4 Å². The Hall–Kier alpha value is -2.29. The quantitative estimate of drug-likeness (QED) is 0.785. The molecule has 2 aromatic carbocycles. The minimum absolute atomic E-state index is 0.178. The van der Waals surface area contributed by atoms with Crippen LogP contribution in [0.1, 0.15) is 15.9 Å². The van der Waals surface area contributed by atoms with Gasteiger partial charge in [-0.2, -0.15) is 0 Å². The lowest BCUT2D eigenvalue weighted by molar-refractivity contribution is 0.0952. The van der Waals surface area contributed by atoms with E-state index in [1.54, 1.807) is 18.2 Å². The number of hydrogen-bond donors (Lipinski definition) is 2. The van der Waals surface area contributed by atoms with E-state index < -0.39 is 0 Å². The molecule has 2 rings (SSSR count). The Bertz CT molecular complexity index is 509. The van der Waals surface area contributed by atoms with Gasteiger partial charge in [0, 0.05) is 12.2 Å². The topological polar surface area (TPSA) is 55.1 Å². The van der Waals surface area contributed by atoms with E-state index >= 15 is 0 Å². The van der Waals surface area contributed by atoms with E-state index in [9.17, 15) is 4.79 Å². The first-order valence-electron chi connectivity index (χ1n) is 5.35. The normalized spacial score (nSPS) is 9.88. The summed E-state index contributed by atoms with van der Waals surface area (Å²) in [6, 6.07) is 17.5. The second-order valence-electron chi connectivity index (χ2n) is 3.68. The molecule has 0 unspecified atom stereocenters. The molecule has 17 heavy (non-hydrogen) atoms. The van der Waals surface area contributed by atoms with Crippen molar-refractivity contribution in [1.82, 2.24) is 5.32 Å². The molecule has 2 aromatic rings. The molecule has 1 amide bonds. The Morgan fingerprint density at radius 1 is 1.24 bits per heavy atom. The van der Waals surface area contributed by atoms with Gasteiger partial charge in [0.2, 0.25) is 0 Å². The molecular weight excluding hydrogens is 212 g/mol. The van der Waals surface area contributed by atoms with Crippen LogP contribution in [-0.4, -0.2) is 5.91 Å². The van der Waals surface area contributed by atoms with Gasteiger partial charge in [0.05, 0.1) is 5.56 Å². The Morgan fingerprint density at radius 2 is 2.00 bits per heavy atom. The Kier molecular flexibility index (Phi) is 3.40. The molecule has 0 saturated heterocycles. The predicted molar refractivity (Wildman–Crippen MR) is 67.3 cm³/mol. The number of carbonyl (C=O) groups excluding carboxylic acids is 1. The summed E-state index contributed by atoms with van der Waals surface area (Å²) in [6.07, 6.45) is 0. The highest BCUT2D eigenvalue weighted by Gasteiger charge is 2.07. The van der Waals surface area contributed by atoms with Gasteiger partial charge in [-0.25, -0.2) is 0 Å². The van der Waals surface area contributed by atoms with Crippen molar-refractivity contribution in [1.29, 1.82) is 0 Å². The van der Waals surface area contributed by atoms with Crippen LogP contribution < -0.4 is 11.1 Å². The second-order valence-corrected chi connectivity index (χ2v) is 3.68. The van der Waals surface area contributed by atoms with Crippen molar-refractivity contribution >= 4 is 11.6 Å². The maximum atomic E-state index is 11.8. The van der Waals surface area contributed by atoms with Crippen LogP contribution in [0.3, 0.4) is 0 Å². The zero-order chi connectivity index (χ0) is 12.1. The third-order valence-electron chi connectivity index (χ3n) is 2.44. The number of nitrogen functional groups attached to an aromatic ring is 1. The van der Waals surface area contributed by atoms with E-state index in [-0.39, 0.29) is 5.91 Å². The zero-order valence-electron chi connectivity index (χ0n) is 9.31. The number of anilines is 1. The highest BCUT2D eigenvalue weighted by atomic mass is 16.1. The van der Waals surface area contributed by atoms with Gasteiger partial charge in [0.1, 0.15) is 0 Å². The molecule has 1 radical (unpaired) electrons. The van der Waals surface area contributed by atoms with Crippen LogP contribution in [0, 0.1) is 6.07 Å². The van der Waals surface area contributed by atoms with Gasteiger partial charge in [-0.05, 0) is 23.8 Å². The van der Waals surface area contributed by atoms with Crippen LogP contribution in [-0.2, 0) is 6.54 Å². The molecule has 3 heteroatoms. The standard InChI is InChI=1S/C14H13N2O/c15-13-9-5-4-8-12(13)14(17)16-10-11-6-2-1-3-7-11/h1-3,5-9H,10,15H2,(H,16,17). The van der Waals surface area contributed by atoms with Crippen molar-refractivity contribution in [2.75, 3.05) is 5.73 Å². The lowest BCUT2D eigenvalue weighted by Crippen LogP contribution is -2.23. The fraction of sp³-hybridized carbons (Fsp3) is 0.0714. The Morgan fingerprint density at radius 3 is 2.71 bits per heavy atom. The molecule has 85 valence electrons. The summed E-state index contributed by atoms with van der Waals surface area (Å²) < 4.78 is 0. The third kappa shape index (κ3) is 2.84. The third-order valence-corrected chi connectivity index (χ3v) is 2.44. The molecule has 0 aromatic heterocycles. The van der Waals surface area contributed by atoms with E-state index in [1.807, 2.05) is 30.3 Å². The van der Waals surface area contributed by atoms with Crippen LogP contribution >= 0.6 is 0 Å². The number of rotatable bonds is 3. The molecule has 0 bridgehead atoms. The van der Waals surface area contributed by atoms with Gasteiger partial charge in [-0.15, -0.1) is 0 Å². The van der Waals surface area contributed by atoms with Crippen LogP contribution in [0.5, 0.6) is 0 Å². The van der Waals surface area contributed by atoms with Crippen LogP contribution in [0.2, 0.25) is 0 Å². The van der Waals surface area contributed by atoms with Gasteiger partial charge in [-0.1, -0.05) is 36.4 Å². The highest BCUT2D eigenvalue weighted by molar-refractivity contribution is 5.98. The molecule has 0 aliphatic rings. The van der Waals surface area contributed by atoms with Crippen LogP contribution in [0.25, 0.3) is 0 Å².